The van der Waals surface area contributed by atoms with Crippen molar-refractivity contribution < 1.29 is 14.1 Å². The number of nitrogens with one attached hydrogen (secondary N) is 1. The minimum Gasteiger partial charge on any atom is -0.379 e. The molecule has 3 aromatic rings. The molecule has 1 atom stereocenters. The molecule has 2 aromatic heterocycles. The maximum absolute atomic E-state index is 12.8. The van der Waals surface area contributed by atoms with Gasteiger partial charge in [0.25, 0.3) is 5.91 Å². The molecule has 1 N–H and O–H groups in total. The van der Waals surface area contributed by atoms with Crippen LogP contribution in [0.5, 0.6) is 0 Å². The summed E-state index contributed by atoms with van der Waals surface area (Å²) in [7, 11) is 0. The number of ether oxygens (including phenoxy) is 1. The number of carbonyl (C=O) groups excluding carboxylic acids is 1. The summed E-state index contributed by atoms with van der Waals surface area (Å²) in [5, 5.41) is 9.18. The van der Waals surface area contributed by atoms with Crippen LogP contribution in [0.15, 0.2) is 46.3 Å². The second kappa shape index (κ2) is 9.34. The zero-order chi connectivity index (χ0) is 21.0. The fourth-order valence-electron chi connectivity index (χ4n) is 4.46. The fourth-order valence-corrected chi connectivity index (χ4v) is 5.33. The number of amides is 1. The molecule has 5 rings (SSSR count). The summed E-state index contributed by atoms with van der Waals surface area (Å²) in [6.45, 7) is 3.71. The SMILES string of the molecule is O=C(NC[C@@H](c1cccs1)N1CCOCC1)c1cc(-c2ccc3c(c2)CCCC3)on1. The third-order valence-electron chi connectivity index (χ3n) is 6.19. The number of carbonyl (C=O) groups is 1. The summed E-state index contributed by atoms with van der Waals surface area (Å²) >= 11 is 1.72. The Labute approximate surface area is 186 Å². The summed E-state index contributed by atoms with van der Waals surface area (Å²) in [5.41, 5.74) is 4.11. The summed E-state index contributed by atoms with van der Waals surface area (Å²) in [5.74, 6) is 0.435. The minimum absolute atomic E-state index is 0.139. The fraction of sp³-hybridized carbons (Fsp3) is 0.417. The van der Waals surface area contributed by atoms with E-state index in [0.29, 0.717) is 18.0 Å². The van der Waals surface area contributed by atoms with Crippen LogP contribution < -0.4 is 5.32 Å². The van der Waals surface area contributed by atoms with Crippen molar-refractivity contribution in [3.05, 3.63) is 63.5 Å². The number of morpholine rings is 1. The quantitative estimate of drug-likeness (QED) is 0.629. The van der Waals surface area contributed by atoms with Crippen LogP contribution in [0.1, 0.15) is 45.4 Å². The van der Waals surface area contributed by atoms with Gasteiger partial charge in [-0.05, 0) is 54.3 Å². The average molecular weight is 438 g/mol. The molecular weight excluding hydrogens is 410 g/mol. The van der Waals surface area contributed by atoms with Crippen LogP contribution >= 0.6 is 11.3 Å². The topological polar surface area (TPSA) is 67.6 Å². The maximum atomic E-state index is 12.8. The van der Waals surface area contributed by atoms with Gasteiger partial charge in [0, 0.05) is 36.1 Å². The van der Waals surface area contributed by atoms with E-state index in [1.807, 2.05) is 0 Å². The predicted molar refractivity (Wildman–Crippen MR) is 120 cm³/mol. The van der Waals surface area contributed by atoms with Crippen molar-refractivity contribution in [2.24, 2.45) is 0 Å². The molecule has 0 bridgehead atoms. The lowest BCUT2D eigenvalue weighted by Crippen LogP contribution is -2.43. The Morgan fingerprint density at radius 2 is 1.97 bits per heavy atom. The first-order valence-corrected chi connectivity index (χ1v) is 11.9. The molecule has 1 aliphatic carbocycles. The second-order valence-corrected chi connectivity index (χ2v) is 9.14. The molecule has 1 aromatic carbocycles. The van der Waals surface area contributed by atoms with Crippen LogP contribution in [0.3, 0.4) is 0 Å². The van der Waals surface area contributed by atoms with E-state index in [2.05, 4.69) is 51.1 Å². The summed E-state index contributed by atoms with van der Waals surface area (Å²) in [6.07, 6.45) is 4.75. The van der Waals surface area contributed by atoms with E-state index in [9.17, 15) is 4.79 Å². The van der Waals surface area contributed by atoms with Crippen molar-refractivity contribution in [1.29, 1.82) is 0 Å². The van der Waals surface area contributed by atoms with E-state index in [0.717, 1.165) is 44.7 Å². The number of aryl methyl sites for hydroxylation is 2. The van der Waals surface area contributed by atoms with Gasteiger partial charge in [0.15, 0.2) is 11.5 Å². The number of hydrogen-bond acceptors (Lipinski definition) is 6. The first-order valence-electron chi connectivity index (χ1n) is 11.0. The van der Waals surface area contributed by atoms with Crippen molar-refractivity contribution in [2.75, 3.05) is 32.8 Å². The number of benzene rings is 1. The monoisotopic (exact) mass is 437 g/mol. The van der Waals surface area contributed by atoms with Gasteiger partial charge in [-0.3, -0.25) is 9.69 Å². The number of fused-ring (bicyclic) bond motifs is 1. The molecule has 0 spiro atoms. The number of nitrogens with zero attached hydrogens (tertiary/aromatic N) is 2. The normalized spacial score (nSPS) is 17.8. The number of rotatable bonds is 6. The van der Waals surface area contributed by atoms with E-state index in [1.165, 1.54) is 28.8 Å². The van der Waals surface area contributed by atoms with Crippen LogP contribution in [-0.2, 0) is 17.6 Å². The third-order valence-corrected chi connectivity index (χ3v) is 7.16. The molecule has 2 aliphatic rings. The molecule has 7 heteroatoms. The number of thiophene rings is 1. The van der Waals surface area contributed by atoms with E-state index < -0.39 is 0 Å². The molecule has 1 saturated heterocycles. The third kappa shape index (κ3) is 4.59. The van der Waals surface area contributed by atoms with E-state index >= 15 is 0 Å². The van der Waals surface area contributed by atoms with Gasteiger partial charge in [-0.25, -0.2) is 0 Å². The lowest BCUT2D eigenvalue weighted by Gasteiger charge is -2.34. The standard InChI is InChI=1S/C24H27N3O3S/c28-24(25-16-21(23-6-3-13-31-23)27-9-11-29-12-10-27)20-15-22(30-26-20)19-8-7-17-4-1-2-5-18(17)14-19/h3,6-8,13-15,21H,1-2,4-5,9-12,16H2,(H,25,28)/t21-/m0/s1. The first-order chi connectivity index (χ1) is 15.3. The largest absolute Gasteiger partial charge is 0.379 e. The van der Waals surface area contributed by atoms with Crippen LogP contribution in [0.25, 0.3) is 11.3 Å². The van der Waals surface area contributed by atoms with E-state index in [-0.39, 0.29) is 11.9 Å². The molecule has 6 nitrogen and oxygen atoms in total. The lowest BCUT2D eigenvalue weighted by atomic mass is 9.90. The summed E-state index contributed by atoms with van der Waals surface area (Å²) in [6, 6.07) is 12.5. The van der Waals surface area contributed by atoms with Crippen LogP contribution in [0, 0.1) is 0 Å². The predicted octanol–water partition coefficient (Wildman–Crippen LogP) is 4.09. The van der Waals surface area contributed by atoms with Gasteiger partial charge in [0.1, 0.15) is 0 Å². The Bertz CT molecular complexity index is 1020. The Balaban J connectivity index is 1.27. The van der Waals surface area contributed by atoms with Crippen molar-refractivity contribution in [1.82, 2.24) is 15.4 Å². The molecular formula is C24H27N3O3S. The zero-order valence-electron chi connectivity index (χ0n) is 17.5. The summed E-state index contributed by atoms with van der Waals surface area (Å²) in [4.78, 5) is 16.4. The number of hydrogen-bond donors (Lipinski definition) is 1. The average Bonchev–Trinajstić information content (AvgIpc) is 3.52. The number of aromatic nitrogens is 1. The van der Waals surface area contributed by atoms with E-state index in [1.54, 1.807) is 17.4 Å². The Hall–Kier alpha value is -2.48. The van der Waals surface area contributed by atoms with Gasteiger partial charge in [0.2, 0.25) is 0 Å². The van der Waals surface area contributed by atoms with Gasteiger partial charge in [-0.2, -0.15) is 0 Å². The maximum Gasteiger partial charge on any atom is 0.273 e. The highest BCUT2D eigenvalue weighted by Crippen LogP contribution is 2.28. The highest BCUT2D eigenvalue weighted by Gasteiger charge is 2.25. The summed E-state index contributed by atoms with van der Waals surface area (Å²) < 4.78 is 11.0. The highest BCUT2D eigenvalue weighted by molar-refractivity contribution is 7.10. The van der Waals surface area contributed by atoms with Crippen molar-refractivity contribution in [2.45, 2.75) is 31.7 Å². The minimum atomic E-state index is -0.206. The molecule has 1 fully saturated rings. The van der Waals surface area contributed by atoms with Crippen LogP contribution in [0.4, 0.5) is 0 Å². The van der Waals surface area contributed by atoms with Gasteiger partial charge in [0.05, 0.1) is 19.3 Å². The molecule has 0 unspecified atom stereocenters. The van der Waals surface area contributed by atoms with E-state index in [4.69, 9.17) is 9.26 Å². The van der Waals surface area contributed by atoms with Gasteiger partial charge < -0.3 is 14.6 Å². The van der Waals surface area contributed by atoms with Crippen molar-refractivity contribution in [3.8, 4) is 11.3 Å². The molecule has 1 amide bonds. The van der Waals surface area contributed by atoms with Gasteiger partial charge >= 0.3 is 0 Å². The van der Waals surface area contributed by atoms with Crippen LogP contribution in [0.2, 0.25) is 0 Å². The van der Waals surface area contributed by atoms with Crippen molar-refractivity contribution in [3.63, 3.8) is 0 Å². The highest BCUT2D eigenvalue weighted by atomic mass is 32.1. The Morgan fingerprint density at radius 3 is 2.77 bits per heavy atom. The molecule has 1 aliphatic heterocycles. The first kappa shape index (κ1) is 20.4. The Morgan fingerprint density at radius 1 is 1.13 bits per heavy atom. The van der Waals surface area contributed by atoms with Gasteiger partial charge in [-0.1, -0.05) is 23.4 Å². The zero-order valence-corrected chi connectivity index (χ0v) is 18.3. The molecule has 0 saturated carbocycles. The smallest absolute Gasteiger partial charge is 0.273 e. The van der Waals surface area contributed by atoms with Gasteiger partial charge in [-0.15, -0.1) is 11.3 Å². The lowest BCUT2D eigenvalue weighted by molar-refractivity contribution is 0.0169. The second-order valence-electron chi connectivity index (χ2n) is 8.16. The Kier molecular flexibility index (Phi) is 6.15. The molecule has 3 heterocycles. The van der Waals surface area contributed by atoms with Crippen molar-refractivity contribution >= 4 is 17.2 Å². The van der Waals surface area contributed by atoms with Crippen LogP contribution in [-0.4, -0.2) is 48.8 Å². The molecule has 0 radical (unpaired) electrons. The molecule has 31 heavy (non-hydrogen) atoms. The molecule has 162 valence electrons.